The van der Waals surface area contributed by atoms with Crippen molar-refractivity contribution in [3.63, 3.8) is 0 Å². The number of hydrogen-bond acceptors (Lipinski definition) is 3. The van der Waals surface area contributed by atoms with Gasteiger partial charge in [-0.2, -0.15) is 0 Å². The minimum Gasteiger partial charge on any atom is -0.507 e. The van der Waals surface area contributed by atoms with Crippen molar-refractivity contribution in [1.29, 1.82) is 0 Å². The average Bonchev–Trinajstić information content (AvgIpc) is 2.49. The zero-order valence-electron chi connectivity index (χ0n) is 13.6. The summed E-state index contributed by atoms with van der Waals surface area (Å²) in [5, 5.41) is 20.2. The minimum atomic E-state index is -0.275. The molecule has 1 aliphatic carbocycles. The van der Waals surface area contributed by atoms with Gasteiger partial charge in [-0.15, -0.1) is 0 Å². The summed E-state index contributed by atoms with van der Waals surface area (Å²) in [4.78, 5) is 12.8. The number of rotatable bonds is 4. The molecule has 0 saturated heterocycles. The number of carbonyl (C=O) groups is 1. The summed E-state index contributed by atoms with van der Waals surface area (Å²) in [5.41, 5.74) is 3.56. The topological polar surface area (TPSA) is 57.5 Å². The van der Waals surface area contributed by atoms with Crippen LogP contribution >= 0.6 is 0 Å². The Labute approximate surface area is 136 Å². The number of hydrogen-bond donors (Lipinski definition) is 2. The number of phenolic OH excluding ortho intramolecular Hbond substituents is 2. The van der Waals surface area contributed by atoms with E-state index in [-0.39, 0.29) is 17.3 Å². The fraction of sp³-hybridized carbons (Fsp3) is 0.350. The van der Waals surface area contributed by atoms with Gasteiger partial charge in [0.15, 0.2) is 0 Å². The molecular weight excluding hydrogens is 288 g/mol. The van der Waals surface area contributed by atoms with Gasteiger partial charge in [0, 0.05) is 0 Å². The van der Waals surface area contributed by atoms with E-state index in [4.69, 9.17) is 0 Å². The van der Waals surface area contributed by atoms with Crippen LogP contribution in [-0.4, -0.2) is 16.0 Å². The third kappa shape index (κ3) is 2.83. The molecule has 2 aromatic carbocycles. The lowest BCUT2D eigenvalue weighted by molar-refractivity contribution is 0.102. The molecule has 0 atom stereocenters. The summed E-state index contributed by atoms with van der Waals surface area (Å²) in [6, 6.07) is 8.68. The minimum absolute atomic E-state index is 0.00603. The Kier molecular flexibility index (Phi) is 4.12. The van der Waals surface area contributed by atoms with Crippen LogP contribution in [0.2, 0.25) is 0 Å². The molecule has 3 rings (SSSR count). The Morgan fingerprint density at radius 2 is 1.78 bits per heavy atom. The first-order valence-electron chi connectivity index (χ1n) is 8.18. The maximum absolute atomic E-state index is 12.8. The molecule has 0 unspecified atom stereocenters. The number of ketones is 1. The van der Waals surface area contributed by atoms with Gasteiger partial charge >= 0.3 is 0 Å². The molecule has 3 nitrogen and oxygen atoms in total. The summed E-state index contributed by atoms with van der Waals surface area (Å²) >= 11 is 0. The van der Waals surface area contributed by atoms with E-state index in [2.05, 4.69) is 13.8 Å². The van der Waals surface area contributed by atoms with E-state index in [1.807, 2.05) is 12.1 Å². The van der Waals surface area contributed by atoms with Crippen molar-refractivity contribution >= 4 is 5.78 Å². The lowest BCUT2D eigenvalue weighted by Crippen LogP contribution is -2.17. The quantitative estimate of drug-likeness (QED) is 0.759. The summed E-state index contributed by atoms with van der Waals surface area (Å²) in [6.07, 6.45) is 3.69. The van der Waals surface area contributed by atoms with Gasteiger partial charge in [-0.25, -0.2) is 0 Å². The fourth-order valence-electron chi connectivity index (χ4n) is 3.38. The third-order valence-electron chi connectivity index (χ3n) is 4.57. The molecule has 0 amide bonds. The number of carbonyl (C=O) groups excluding carboxylic acids is 1. The Balaban J connectivity index is 2.02. The van der Waals surface area contributed by atoms with Gasteiger partial charge in [-0.1, -0.05) is 38.5 Å². The fourth-order valence-corrected chi connectivity index (χ4v) is 3.38. The second-order valence-corrected chi connectivity index (χ2v) is 6.70. The molecule has 2 aromatic rings. The predicted molar refractivity (Wildman–Crippen MR) is 90.2 cm³/mol. The van der Waals surface area contributed by atoms with Crippen molar-refractivity contribution in [1.82, 2.24) is 0 Å². The van der Waals surface area contributed by atoms with Crippen LogP contribution in [0.5, 0.6) is 11.5 Å². The van der Waals surface area contributed by atoms with Crippen LogP contribution in [0.4, 0.5) is 0 Å². The van der Waals surface area contributed by atoms with Crippen LogP contribution in [-0.2, 0) is 12.8 Å². The van der Waals surface area contributed by atoms with Gasteiger partial charge in [-0.3, -0.25) is 4.79 Å². The molecule has 0 aliphatic heterocycles. The highest BCUT2D eigenvalue weighted by Gasteiger charge is 2.29. The lowest BCUT2D eigenvalue weighted by atomic mass is 9.81. The largest absolute Gasteiger partial charge is 0.507 e. The lowest BCUT2D eigenvalue weighted by Gasteiger charge is -2.23. The zero-order valence-corrected chi connectivity index (χ0v) is 13.6. The van der Waals surface area contributed by atoms with Crippen molar-refractivity contribution in [2.24, 2.45) is 5.92 Å². The van der Waals surface area contributed by atoms with Gasteiger partial charge in [0.2, 0.25) is 5.78 Å². The number of fused-ring (bicyclic) bond motifs is 2. The Hall–Kier alpha value is -2.29. The molecule has 2 N–H and O–H groups in total. The van der Waals surface area contributed by atoms with Crippen LogP contribution in [0.15, 0.2) is 30.3 Å². The average molecular weight is 310 g/mol. The number of benzene rings is 2. The highest BCUT2D eigenvalue weighted by Crippen LogP contribution is 2.38. The molecule has 3 heteroatoms. The van der Waals surface area contributed by atoms with Crippen LogP contribution in [0.25, 0.3) is 0 Å². The number of aromatic hydroxyl groups is 2. The van der Waals surface area contributed by atoms with Crippen LogP contribution < -0.4 is 0 Å². The van der Waals surface area contributed by atoms with Crippen molar-refractivity contribution in [2.45, 2.75) is 39.5 Å². The van der Waals surface area contributed by atoms with Crippen LogP contribution in [0.1, 0.15) is 59.3 Å². The predicted octanol–water partition coefficient (Wildman–Crippen LogP) is 4.21. The number of aryl methyl sites for hydroxylation is 1. The van der Waals surface area contributed by atoms with Crippen molar-refractivity contribution in [3.8, 4) is 11.5 Å². The highest BCUT2D eigenvalue weighted by molar-refractivity contribution is 6.15. The standard InChI is InChI=1S/C20H22O3/c1-12(2)5-3-6-13-9-10-17(22)19-15(13)11-14-7-4-8-16(21)18(14)20(19)23/h4,7-10,12,21-22H,3,5-6,11H2,1-2H3. The first-order chi connectivity index (χ1) is 11.0. The maximum Gasteiger partial charge on any atom is 0.201 e. The van der Waals surface area contributed by atoms with Crippen molar-refractivity contribution in [3.05, 3.63) is 58.1 Å². The van der Waals surface area contributed by atoms with E-state index in [1.54, 1.807) is 12.1 Å². The van der Waals surface area contributed by atoms with E-state index in [0.717, 1.165) is 36.0 Å². The van der Waals surface area contributed by atoms with Crippen LogP contribution in [0.3, 0.4) is 0 Å². The molecular formula is C20H22O3. The molecule has 0 bridgehead atoms. The number of phenols is 2. The summed E-state index contributed by atoms with van der Waals surface area (Å²) in [7, 11) is 0. The van der Waals surface area contributed by atoms with Gasteiger partial charge in [0.1, 0.15) is 11.5 Å². The van der Waals surface area contributed by atoms with E-state index < -0.39 is 0 Å². The van der Waals surface area contributed by atoms with Gasteiger partial charge in [0.25, 0.3) is 0 Å². The highest BCUT2D eigenvalue weighted by atomic mass is 16.3. The van der Waals surface area contributed by atoms with Gasteiger partial charge in [-0.05, 0) is 54.0 Å². The summed E-state index contributed by atoms with van der Waals surface area (Å²) in [6.45, 7) is 4.41. The molecule has 0 saturated carbocycles. The van der Waals surface area contributed by atoms with Gasteiger partial charge in [0.05, 0.1) is 11.1 Å². The van der Waals surface area contributed by atoms with Crippen molar-refractivity contribution in [2.75, 3.05) is 0 Å². The SMILES string of the molecule is CC(C)CCCc1ccc(O)c2c1Cc1cccc(O)c1C2=O. The smallest absolute Gasteiger partial charge is 0.201 e. The second kappa shape index (κ2) is 6.07. The summed E-state index contributed by atoms with van der Waals surface area (Å²) < 4.78 is 0. The van der Waals surface area contributed by atoms with Crippen LogP contribution in [0, 0.1) is 5.92 Å². The molecule has 0 fully saturated rings. The first-order valence-corrected chi connectivity index (χ1v) is 8.18. The molecule has 0 aromatic heterocycles. The molecule has 0 heterocycles. The maximum atomic E-state index is 12.8. The Bertz CT molecular complexity index is 760. The second-order valence-electron chi connectivity index (χ2n) is 6.70. The van der Waals surface area contributed by atoms with Gasteiger partial charge < -0.3 is 10.2 Å². The summed E-state index contributed by atoms with van der Waals surface area (Å²) in [5.74, 6) is 0.374. The molecule has 0 radical (unpaired) electrons. The third-order valence-corrected chi connectivity index (χ3v) is 4.57. The molecule has 0 spiro atoms. The molecule has 120 valence electrons. The van der Waals surface area contributed by atoms with E-state index in [1.165, 1.54) is 6.07 Å². The monoisotopic (exact) mass is 310 g/mol. The zero-order chi connectivity index (χ0) is 16.6. The van der Waals surface area contributed by atoms with E-state index in [0.29, 0.717) is 23.5 Å². The molecule has 23 heavy (non-hydrogen) atoms. The first kappa shape index (κ1) is 15.6. The van der Waals surface area contributed by atoms with E-state index >= 15 is 0 Å². The molecule has 1 aliphatic rings. The van der Waals surface area contributed by atoms with E-state index in [9.17, 15) is 15.0 Å². The van der Waals surface area contributed by atoms with Crippen molar-refractivity contribution < 1.29 is 15.0 Å². The Morgan fingerprint density at radius 1 is 1.04 bits per heavy atom. The Morgan fingerprint density at radius 3 is 2.52 bits per heavy atom. The normalized spacial score (nSPS) is 13.1.